The monoisotopic (exact) mass is 226 g/mol. The van der Waals surface area contributed by atoms with Crippen molar-refractivity contribution in [2.75, 3.05) is 19.8 Å². The van der Waals surface area contributed by atoms with E-state index in [0.29, 0.717) is 11.7 Å². The van der Waals surface area contributed by atoms with Crippen molar-refractivity contribution in [1.82, 2.24) is 0 Å². The van der Waals surface area contributed by atoms with E-state index in [4.69, 9.17) is 9.47 Å². The molecule has 2 unspecified atom stereocenters. The van der Waals surface area contributed by atoms with Crippen molar-refractivity contribution in [1.29, 1.82) is 0 Å². The Labute approximate surface area is 97.5 Å². The second kappa shape index (κ2) is 4.84. The molecule has 2 atom stereocenters. The molecule has 0 aromatic heterocycles. The normalized spacial score (nSPS) is 31.2. The van der Waals surface area contributed by atoms with Gasteiger partial charge in [-0.2, -0.15) is 0 Å². The van der Waals surface area contributed by atoms with E-state index in [1.165, 1.54) is 0 Å². The summed E-state index contributed by atoms with van der Waals surface area (Å²) in [7, 11) is 0. The average Bonchev–Trinajstić information content (AvgIpc) is 2.29. The fraction of sp³-hybridized carbons (Fsp3) is 0.923. The third-order valence-electron chi connectivity index (χ3n) is 4.28. The van der Waals surface area contributed by atoms with Gasteiger partial charge in [-0.05, 0) is 38.5 Å². The Bertz CT molecular complexity index is 250. The van der Waals surface area contributed by atoms with Crippen LogP contribution in [-0.4, -0.2) is 31.2 Å². The summed E-state index contributed by atoms with van der Waals surface area (Å²) in [5, 5.41) is 0. The Balaban J connectivity index is 2.00. The fourth-order valence-electron chi connectivity index (χ4n) is 2.92. The third-order valence-corrected chi connectivity index (χ3v) is 4.28. The van der Waals surface area contributed by atoms with Crippen LogP contribution >= 0.6 is 0 Å². The summed E-state index contributed by atoms with van der Waals surface area (Å²) in [6.45, 7) is 6.19. The number of Topliss-reactive ketones (excluding diaryl/α,β-unsaturated/α-hetero) is 1. The summed E-state index contributed by atoms with van der Waals surface area (Å²) in [5.41, 5.74) is 0.0187. The van der Waals surface area contributed by atoms with Crippen molar-refractivity contribution in [2.45, 2.75) is 45.1 Å². The third kappa shape index (κ3) is 2.46. The van der Waals surface area contributed by atoms with E-state index in [-0.39, 0.29) is 11.5 Å². The maximum Gasteiger partial charge on any atom is 0.132 e. The maximum absolute atomic E-state index is 11.4. The zero-order valence-electron chi connectivity index (χ0n) is 10.3. The molecular formula is C13H22O3. The SMILES string of the molecule is CC(=O)C(C)C1CCOC2(CCOCC2)C1. The molecule has 92 valence electrons. The van der Waals surface area contributed by atoms with Crippen molar-refractivity contribution < 1.29 is 14.3 Å². The molecule has 0 saturated carbocycles. The molecule has 2 rings (SSSR count). The highest BCUT2D eigenvalue weighted by atomic mass is 16.5. The summed E-state index contributed by atoms with van der Waals surface area (Å²) in [5.74, 6) is 1.00. The van der Waals surface area contributed by atoms with Crippen LogP contribution in [0.1, 0.15) is 39.5 Å². The van der Waals surface area contributed by atoms with E-state index in [9.17, 15) is 4.79 Å². The quantitative estimate of drug-likeness (QED) is 0.724. The molecule has 0 aromatic rings. The van der Waals surface area contributed by atoms with Crippen LogP contribution in [0.4, 0.5) is 0 Å². The molecule has 16 heavy (non-hydrogen) atoms. The van der Waals surface area contributed by atoms with Crippen LogP contribution in [0.2, 0.25) is 0 Å². The Morgan fingerprint density at radius 2 is 2.00 bits per heavy atom. The smallest absolute Gasteiger partial charge is 0.132 e. The number of hydrogen-bond donors (Lipinski definition) is 0. The van der Waals surface area contributed by atoms with Gasteiger partial charge in [0.05, 0.1) is 5.60 Å². The first kappa shape index (κ1) is 12.1. The predicted molar refractivity (Wildman–Crippen MR) is 61.3 cm³/mol. The first-order valence-corrected chi connectivity index (χ1v) is 6.35. The minimum absolute atomic E-state index is 0.0187. The molecule has 0 aliphatic carbocycles. The number of rotatable bonds is 2. The highest BCUT2D eigenvalue weighted by molar-refractivity contribution is 5.78. The van der Waals surface area contributed by atoms with Crippen molar-refractivity contribution in [3.05, 3.63) is 0 Å². The molecule has 0 N–H and O–H groups in total. The van der Waals surface area contributed by atoms with Gasteiger partial charge in [-0.15, -0.1) is 0 Å². The zero-order chi connectivity index (χ0) is 11.6. The van der Waals surface area contributed by atoms with E-state index in [1.807, 2.05) is 0 Å². The van der Waals surface area contributed by atoms with Crippen LogP contribution in [0, 0.1) is 11.8 Å². The van der Waals surface area contributed by atoms with Crippen LogP contribution in [0.15, 0.2) is 0 Å². The Kier molecular flexibility index (Phi) is 3.65. The molecule has 3 nitrogen and oxygen atoms in total. The highest BCUT2D eigenvalue weighted by Gasteiger charge is 2.40. The van der Waals surface area contributed by atoms with Gasteiger partial charge in [-0.25, -0.2) is 0 Å². The molecule has 0 amide bonds. The summed E-state index contributed by atoms with van der Waals surface area (Å²) in [4.78, 5) is 11.4. The first-order valence-electron chi connectivity index (χ1n) is 6.35. The van der Waals surface area contributed by atoms with Gasteiger partial charge in [0.25, 0.3) is 0 Å². The lowest BCUT2D eigenvalue weighted by Crippen LogP contribution is -2.46. The van der Waals surface area contributed by atoms with Gasteiger partial charge in [-0.3, -0.25) is 4.79 Å². The lowest BCUT2D eigenvalue weighted by Gasteiger charge is -2.44. The Morgan fingerprint density at radius 1 is 1.31 bits per heavy atom. The fourth-order valence-corrected chi connectivity index (χ4v) is 2.92. The summed E-state index contributed by atoms with van der Waals surface area (Å²) >= 11 is 0. The minimum Gasteiger partial charge on any atom is -0.381 e. The van der Waals surface area contributed by atoms with Crippen LogP contribution in [0.25, 0.3) is 0 Å². The van der Waals surface area contributed by atoms with Crippen LogP contribution < -0.4 is 0 Å². The van der Waals surface area contributed by atoms with Gasteiger partial charge in [0, 0.05) is 25.7 Å². The van der Waals surface area contributed by atoms with Crippen molar-refractivity contribution >= 4 is 5.78 Å². The number of ketones is 1. The van der Waals surface area contributed by atoms with E-state index >= 15 is 0 Å². The second-order valence-corrected chi connectivity index (χ2v) is 5.30. The standard InChI is InChI=1S/C13H22O3/c1-10(11(2)14)12-3-6-16-13(9-12)4-7-15-8-5-13/h10,12H,3-9H2,1-2H3. The molecule has 2 aliphatic rings. The molecule has 2 aliphatic heterocycles. The topological polar surface area (TPSA) is 35.5 Å². The number of ether oxygens (including phenoxy) is 2. The van der Waals surface area contributed by atoms with E-state index in [2.05, 4.69) is 6.92 Å². The summed E-state index contributed by atoms with van der Waals surface area (Å²) in [6, 6.07) is 0. The summed E-state index contributed by atoms with van der Waals surface area (Å²) < 4.78 is 11.4. The van der Waals surface area contributed by atoms with Crippen molar-refractivity contribution in [3.8, 4) is 0 Å². The van der Waals surface area contributed by atoms with Gasteiger partial charge >= 0.3 is 0 Å². The van der Waals surface area contributed by atoms with Gasteiger partial charge in [0.2, 0.25) is 0 Å². The lowest BCUT2D eigenvalue weighted by molar-refractivity contribution is -0.155. The maximum atomic E-state index is 11.4. The Morgan fingerprint density at radius 3 is 2.62 bits per heavy atom. The summed E-state index contributed by atoms with van der Waals surface area (Å²) in [6.07, 6.45) is 4.06. The molecule has 0 radical (unpaired) electrons. The number of carbonyl (C=O) groups is 1. The van der Waals surface area contributed by atoms with E-state index in [1.54, 1.807) is 6.92 Å². The molecule has 2 heterocycles. The average molecular weight is 226 g/mol. The molecule has 0 aromatic carbocycles. The number of hydrogen-bond acceptors (Lipinski definition) is 3. The van der Waals surface area contributed by atoms with E-state index in [0.717, 1.165) is 45.5 Å². The number of carbonyl (C=O) groups excluding carboxylic acids is 1. The van der Waals surface area contributed by atoms with Crippen LogP contribution in [-0.2, 0) is 14.3 Å². The minimum atomic E-state index is 0.0187. The van der Waals surface area contributed by atoms with Crippen LogP contribution in [0.3, 0.4) is 0 Å². The molecule has 0 bridgehead atoms. The predicted octanol–water partition coefficient (Wildman–Crippen LogP) is 2.19. The van der Waals surface area contributed by atoms with E-state index < -0.39 is 0 Å². The van der Waals surface area contributed by atoms with Crippen LogP contribution in [0.5, 0.6) is 0 Å². The molecular weight excluding hydrogens is 204 g/mol. The Hall–Kier alpha value is -0.410. The van der Waals surface area contributed by atoms with Gasteiger partial charge in [0.15, 0.2) is 0 Å². The second-order valence-electron chi connectivity index (χ2n) is 5.30. The molecule has 2 fully saturated rings. The first-order chi connectivity index (χ1) is 7.63. The van der Waals surface area contributed by atoms with Crippen molar-refractivity contribution in [2.24, 2.45) is 11.8 Å². The van der Waals surface area contributed by atoms with Gasteiger partial charge < -0.3 is 9.47 Å². The van der Waals surface area contributed by atoms with Crippen molar-refractivity contribution in [3.63, 3.8) is 0 Å². The largest absolute Gasteiger partial charge is 0.381 e. The molecule has 3 heteroatoms. The van der Waals surface area contributed by atoms with Gasteiger partial charge in [0.1, 0.15) is 5.78 Å². The lowest BCUT2D eigenvalue weighted by atomic mass is 9.75. The molecule has 1 spiro atoms. The van der Waals surface area contributed by atoms with Gasteiger partial charge in [-0.1, -0.05) is 6.92 Å². The molecule has 2 saturated heterocycles. The highest BCUT2D eigenvalue weighted by Crippen LogP contribution is 2.39. The zero-order valence-corrected chi connectivity index (χ0v) is 10.3.